The number of nitrogens with one attached hydrogen (secondary N) is 1. The third kappa shape index (κ3) is 3.52. The predicted molar refractivity (Wildman–Crippen MR) is 65.8 cm³/mol. The van der Waals surface area contributed by atoms with Crippen LogP contribution in [-0.4, -0.2) is 32.0 Å². The van der Waals surface area contributed by atoms with E-state index < -0.39 is 0 Å². The van der Waals surface area contributed by atoms with E-state index in [1.54, 1.807) is 25.6 Å². The molecule has 5 heteroatoms. The molecule has 0 aliphatic rings. The first-order valence-corrected chi connectivity index (χ1v) is 6.13. The maximum absolute atomic E-state index is 5.12. The van der Waals surface area contributed by atoms with Crippen LogP contribution in [-0.2, 0) is 9.47 Å². The molecule has 1 unspecified atom stereocenters. The highest BCUT2D eigenvalue weighted by molar-refractivity contribution is 7.11. The number of hydrogen-bond donors (Lipinski definition) is 1. The molecule has 1 heterocycles. The Bertz CT molecular complexity index is 324. The molecule has 1 aromatic heterocycles. The Labute approximate surface area is 101 Å². The molecule has 0 fully saturated rings. The molecule has 0 saturated heterocycles. The summed E-state index contributed by atoms with van der Waals surface area (Å²) in [6.07, 6.45) is -0.197. The lowest BCUT2D eigenvalue weighted by molar-refractivity contribution is -0.0997. The first-order chi connectivity index (χ1) is 7.58. The molecule has 0 bridgehead atoms. The Kier molecular flexibility index (Phi) is 5.34. The van der Waals surface area contributed by atoms with Gasteiger partial charge in [-0.05, 0) is 20.8 Å². The van der Waals surface area contributed by atoms with Gasteiger partial charge < -0.3 is 14.8 Å². The van der Waals surface area contributed by atoms with Gasteiger partial charge >= 0.3 is 0 Å². The van der Waals surface area contributed by atoms with Crippen LogP contribution in [0.15, 0.2) is 0 Å². The number of ether oxygens (including phenoxy) is 2. The van der Waals surface area contributed by atoms with Crippen LogP contribution in [0, 0.1) is 13.8 Å². The van der Waals surface area contributed by atoms with Gasteiger partial charge in [-0.25, -0.2) is 4.98 Å². The van der Waals surface area contributed by atoms with E-state index in [1.807, 2.05) is 13.8 Å². The molecule has 0 aliphatic heterocycles. The summed E-state index contributed by atoms with van der Waals surface area (Å²) in [6, 6.07) is 0.277. The average Bonchev–Trinajstić information content (AvgIpc) is 2.59. The van der Waals surface area contributed by atoms with Crippen molar-refractivity contribution in [3.63, 3.8) is 0 Å². The third-order valence-electron chi connectivity index (χ3n) is 2.45. The molecule has 1 rings (SSSR count). The second kappa shape index (κ2) is 6.30. The second-order valence-corrected chi connectivity index (χ2v) is 4.95. The minimum absolute atomic E-state index is 0.197. The fraction of sp³-hybridized carbons (Fsp3) is 0.727. The highest BCUT2D eigenvalue weighted by Crippen LogP contribution is 2.24. The summed E-state index contributed by atoms with van der Waals surface area (Å²) >= 11 is 1.73. The monoisotopic (exact) mass is 244 g/mol. The van der Waals surface area contributed by atoms with E-state index in [0.29, 0.717) is 6.54 Å². The van der Waals surface area contributed by atoms with Gasteiger partial charge in [0.1, 0.15) is 0 Å². The normalized spacial score (nSPS) is 13.4. The zero-order chi connectivity index (χ0) is 12.1. The molecule has 1 N–H and O–H groups in total. The summed E-state index contributed by atoms with van der Waals surface area (Å²) in [7, 11) is 3.28. The molecule has 92 valence electrons. The van der Waals surface area contributed by atoms with Crippen molar-refractivity contribution in [1.82, 2.24) is 10.3 Å². The van der Waals surface area contributed by atoms with E-state index in [0.717, 1.165) is 10.7 Å². The van der Waals surface area contributed by atoms with Crippen LogP contribution < -0.4 is 5.32 Å². The molecule has 0 saturated carbocycles. The average molecular weight is 244 g/mol. The van der Waals surface area contributed by atoms with Crippen molar-refractivity contribution in [2.24, 2.45) is 0 Å². The molecule has 4 nitrogen and oxygen atoms in total. The standard InChI is InChI=1S/C11H20N2O2S/c1-7(12-6-10(14-4)15-5)11-8(2)13-9(3)16-11/h7,10,12H,6H2,1-5H3. The van der Waals surface area contributed by atoms with Gasteiger partial charge in [0, 0.05) is 31.7 Å². The van der Waals surface area contributed by atoms with E-state index in [9.17, 15) is 0 Å². The highest BCUT2D eigenvalue weighted by atomic mass is 32.1. The molecular weight excluding hydrogens is 224 g/mol. The zero-order valence-electron chi connectivity index (χ0n) is 10.5. The smallest absolute Gasteiger partial charge is 0.169 e. The zero-order valence-corrected chi connectivity index (χ0v) is 11.4. The molecule has 0 spiro atoms. The van der Waals surface area contributed by atoms with E-state index >= 15 is 0 Å². The van der Waals surface area contributed by atoms with Crippen LogP contribution in [0.3, 0.4) is 0 Å². The molecule has 0 radical (unpaired) electrons. The first kappa shape index (κ1) is 13.6. The van der Waals surface area contributed by atoms with Gasteiger partial charge in [-0.2, -0.15) is 0 Å². The van der Waals surface area contributed by atoms with Crippen molar-refractivity contribution in [3.05, 3.63) is 15.6 Å². The minimum Gasteiger partial charge on any atom is -0.355 e. The van der Waals surface area contributed by atoms with Gasteiger partial charge in [-0.1, -0.05) is 0 Å². The Morgan fingerprint density at radius 2 is 1.94 bits per heavy atom. The number of aromatic nitrogens is 1. The maximum Gasteiger partial charge on any atom is 0.169 e. The number of nitrogens with zero attached hydrogens (tertiary/aromatic N) is 1. The predicted octanol–water partition coefficient (Wildman–Crippen LogP) is 2.03. The van der Waals surface area contributed by atoms with E-state index in [2.05, 4.69) is 17.2 Å². The number of aryl methyl sites for hydroxylation is 2. The number of methoxy groups -OCH3 is 2. The summed E-state index contributed by atoms with van der Waals surface area (Å²) in [5, 5.41) is 4.48. The van der Waals surface area contributed by atoms with E-state index in [4.69, 9.17) is 9.47 Å². The number of rotatable bonds is 6. The lowest BCUT2D eigenvalue weighted by Crippen LogP contribution is -2.31. The number of hydrogen-bond acceptors (Lipinski definition) is 5. The number of thiazole rings is 1. The van der Waals surface area contributed by atoms with Crippen LogP contribution in [0.4, 0.5) is 0 Å². The van der Waals surface area contributed by atoms with Gasteiger partial charge in [-0.15, -0.1) is 11.3 Å². The van der Waals surface area contributed by atoms with Crippen LogP contribution in [0.1, 0.15) is 28.5 Å². The van der Waals surface area contributed by atoms with Crippen molar-refractivity contribution in [2.45, 2.75) is 33.1 Å². The van der Waals surface area contributed by atoms with Crippen LogP contribution in [0.25, 0.3) is 0 Å². The Hall–Kier alpha value is -0.490. The molecule has 0 aromatic carbocycles. The van der Waals surface area contributed by atoms with Crippen LogP contribution >= 0.6 is 11.3 Å². The lowest BCUT2D eigenvalue weighted by atomic mass is 10.2. The Balaban J connectivity index is 2.52. The molecule has 1 atom stereocenters. The summed E-state index contributed by atoms with van der Waals surface area (Å²) in [5.41, 5.74) is 1.11. The molecule has 0 aliphatic carbocycles. The maximum atomic E-state index is 5.12. The van der Waals surface area contributed by atoms with Crippen molar-refractivity contribution in [3.8, 4) is 0 Å². The van der Waals surface area contributed by atoms with Gasteiger partial charge in [-0.3, -0.25) is 0 Å². The molecule has 0 amide bonds. The van der Waals surface area contributed by atoms with Crippen molar-refractivity contribution < 1.29 is 9.47 Å². The Morgan fingerprint density at radius 1 is 1.31 bits per heavy atom. The quantitative estimate of drug-likeness (QED) is 0.778. The summed E-state index contributed by atoms with van der Waals surface area (Å²) in [6.45, 7) is 6.87. The van der Waals surface area contributed by atoms with Crippen LogP contribution in [0.2, 0.25) is 0 Å². The third-order valence-corrected chi connectivity index (χ3v) is 3.70. The lowest BCUT2D eigenvalue weighted by Gasteiger charge is -2.18. The van der Waals surface area contributed by atoms with Crippen molar-refractivity contribution in [2.75, 3.05) is 20.8 Å². The molecule has 1 aromatic rings. The Morgan fingerprint density at radius 3 is 2.38 bits per heavy atom. The first-order valence-electron chi connectivity index (χ1n) is 5.31. The molecule has 16 heavy (non-hydrogen) atoms. The molecular formula is C11H20N2O2S. The summed E-state index contributed by atoms with van der Waals surface area (Å²) < 4.78 is 10.2. The van der Waals surface area contributed by atoms with Crippen LogP contribution in [0.5, 0.6) is 0 Å². The van der Waals surface area contributed by atoms with Gasteiger partial charge in [0.15, 0.2) is 6.29 Å². The summed E-state index contributed by atoms with van der Waals surface area (Å²) in [5.74, 6) is 0. The topological polar surface area (TPSA) is 43.4 Å². The summed E-state index contributed by atoms with van der Waals surface area (Å²) in [4.78, 5) is 5.70. The van der Waals surface area contributed by atoms with Gasteiger partial charge in [0.05, 0.1) is 10.7 Å². The SMILES string of the molecule is COC(CNC(C)c1sc(C)nc1C)OC. The fourth-order valence-electron chi connectivity index (χ4n) is 1.58. The van der Waals surface area contributed by atoms with Crippen molar-refractivity contribution in [1.29, 1.82) is 0 Å². The second-order valence-electron chi connectivity index (χ2n) is 3.71. The largest absolute Gasteiger partial charge is 0.355 e. The highest BCUT2D eigenvalue weighted by Gasteiger charge is 2.14. The van der Waals surface area contributed by atoms with Gasteiger partial charge in [0.25, 0.3) is 0 Å². The van der Waals surface area contributed by atoms with E-state index in [-0.39, 0.29) is 12.3 Å². The fourth-order valence-corrected chi connectivity index (χ4v) is 2.53. The van der Waals surface area contributed by atoms with Gasteiger partial charge in [0.2, 0.25) is 0 Å². The van der Waals surface area contributed by atoms with Crippen molar-refractivity contribution >= 4 is 11.3 Å². The minimum atomic E-state index is -0.197. The van der Waals surface area contributed by atoms with E-state index in [1.165, 1.54) is 4.88 Å².